The second-order valence-corrected chi connectivity index (χ2v) is 6.19. The predicted molar refractivity (Wildman–Crippen MR) is 77.6 cm³/mol. The van der Waals surface area contributed by atoms with Crippen LogP contribution in [0.2, 0.25) is 5.02 Å². The SMILES string of the molecule is O=C(O)c1cnc(N2CC[C@@]3(CCCNC3)C2)c(Cl)c1. The van der Waals surface area contributed by atoms with Gasteiger partial charge in [0, 0.05) is 31.2 Å². The van der Waals surface area contributed by atoms with Gasteiger partial charge in [0.2, 0.25) is 0 Å². The fourth-order valence-electron chi connectivity index (χ4n) is 3.27. The van der Waals surface area contributed by atoms with E-state index in [0.29, 0.717) is 16.3 Å². The van der Waals surface area contributed by atoms with Gasteiger partial charge in [0.1, 0.15) is 5.82 Å². The second kappa shape index (κ2) is 5.22. The first-order valence-corrected chi connectivity index (χ1v) is 7.32. The molecule has 0 aromatic carbocycles. The first-order chi connectivity index (χ1) is 9.60. The molecule has 20 heavy (non-hydrogen) atoms. The van der Waals surface area contributed by atoms with Crippen molar-refractivity contribution in [3.05, 3.63) is 22.8 Å². The molecule has 0 bridgehead atoms. The molecule has 6 heteroatoms. The summed E-state index contributed by atoms with van der Waals surface area (Å²) in [5.74, 6) is -0.292. The standard InChI is InChI=1S/C14H18ClN3O2/c15-11-6-10(13(19)20)7-17-12(11)18-5-3-14(9-18)2-1-4-16-8-14/h6-7,16H,1-5,8-9H2,(H,19,20)/t14-/m1/s1. The Morgan fingerprint density at radius 1 is 1.50 bits per heavy atom. The van der Waals surface area contributed by atoms with Crippen LogP contribution in [0.15, 0.2) is 12.3 Å². The average Bonchev–Trinajstić information content (AvgIpc) is 2.83. The van der Waals surface area contributed by atoms with Gasteiger partial charge in [-0.2, -0.15) is 0 Å². The number of aromatic nitrogens is 1. The molecule has 2 N–H and O–H groups in total. The maximum Gasteiger partial charge on any atom is 0.337 e. The number of nitrogens with zero attached hydrogens (tertiary/aromatic N) is 2. The lowest BCUT2D eigenvalue weighted by Gasteiger charge is -2.34. The summed E-state index contributed by atoms with van der Waals surface area (Å²) in [5, 5.41) is 12.8. The topological polar surface area (TPSA) is 65.5 Å². The minimum atomic E-state index is -1.000. The molecule has 3 heterocycles. The van der Waals surface area contributed by atoms with E-state index in [1.165, 1.54) is 25.1 Å². The number of nitrogens with one attached hydrogen (secondary N) is 1. The molecule has 2 saturated heterocycles. The zero-order valence-electron chi connectivity index (χ0n) is 11.2. The molecule has 1 aromatic heterocycles. The van der Waals surface area contributed by atoms with Gasteiger partial charge in [0.25, 0.3) is 0 Å². The lowest BCUT2D eigenvalue weighted by atomic mass is 9.80. The highest BCUT2D eigenvalue weighted by Gasteiger charge is 2.39. The molecule has 5 nitrogen and oxygen atoms in total. The lowest BCUT2D eigenvalue weighted by molar-refractivity contribution is 0.0696. The number of halogens is 1. The summed E-state index contributed by atoms with van der Waals surface area (Å²) in [5.41, 5.74) is 0.460. The summed E-state index contributed by atoms with van der Waals surface area (Å²) in [6.45, 7) is 4.03. The van der Waals surface area contributed by atoms with Crippen LogP contribution in [0.5, 0.6) is 0 Å². The molecule has 1 aromatic rings. The number of rotatable bonds is 2. The Morgan fingerprint density at radius 2 is 2.35 bits per heavy atom. The molecular weight excluding hydrogens is 278 g/mol. The summed E-state index contributed by atoms with van der Waals surface area (Å²) in [6.07, 6.45) is 4.97. The maximum absolute atomic E-state index is 10.9. The van der Waals surface area contributed by atoms with Crippen LogP contribution in [-0.4, -0.2) is 42.2 Å². The normalized spacial score (nSPS) is 26.1. The lowest BCUT2D eigenvalue weighted by Crippen LogP contribution is -2.42. The number of hydrogen-bond acceptors (Lipinski definition) is 4. The largest absolute Gasteiger partial charge is 0.478 e. The van der Waals surface area contributed by atoms with Gasteiger partial charge in [0.15, 0.2) is 0 Å². The highest BCUT2D eigenvalue weighted by atomic mass is 35.5. The van der Waals surface area contributed by atoms with E-state index in [-0.39, 0.29) is 5.56 Å². The number of hydrogen-bond donors (Lipinski definition) is 2. The van der Waals surface area contributed by atoms with Crippen LogP contribution >= 0.6 is 11.6 Å². The van der Waals surface area contributed by atoms with Crippen molar-refractivity contribution >= 4 is 23.4 Å². The van der Waals surface area contributed by atoms with E-state index in [0.717, 1.165) is 32.6 Å². The molecule has 108 valence electrons. The Kier molecular flexibility index (Phi) is 3.56. The molecular formula is C14H18ClN3O2. The number of carboxylic acids is 1. The fourth-order valence-corrected chi connectivity index (χ4v) is 3.56. The molecule has 0 aliphatic carbocycles. The van der Waals surface area contributed by atoms with Crippen LogP contribution in [-0.2, 0) is 0 Å². The van der Waals surface area contributed by atoms with E-state index >= 15 is 0 Å². The maximum atomic E-state index is 10.9. The van der Waals surface area contributed by atoms with Crippen LogP contribution in [0.3, 0.4) is 0 Å². The van der Waals surface area contributed by atoms with Crippen molar-refractivity contribution in [2.75, 3.05) is 31.1 Å². The van der Waals surface area contributed by atoms with E-state index in [9.17, 15) is 4.79 Å². The molecule has 3 rings (SSSR count). The summed E-state index contributed by atoms with van der Waals surface area (Å²) in [6, 6.07) is 1.48. The Balaban J connectivity index is 1.79. The van der Waals surface area contributed by atoms with Gasteiger partial charge in [0.05, 0.1) is 10.6 Å². The Hall–Kier alpha value is -1.33. The van der Waals surface area contributed by atoms with Crippen LogP contribution < -0.4 is 10.2 Å². The van der Waals surface area contributed by atoms with Gasteiger partial charge in [-0.05, 0) is 31.9 Å². The first kappa shape index (κ1) is 13.6. The minimum Gasteiger partial charge on any atom is -0.478 e. The Labute approximate surface area is 122 Å². The second-order valence-electron chi connectivity index (χ2n) is 5.79. The zero-order valence-corrected chi connectivity index (χ0v) is 12.0. The summed E-state index contributed by atoms with van der Waals surface area (Å²) >= 11 is 6.20. The average molecular weight is 296 g/mol. The van der Waals surface area contributed by atoms with Crippen LogP contribution in [0, 0.1) is 5.41 Å². The highest BCUT2D eigenvalue weighted by molar-refractivity contribution is 6.33. The molecule has 0 unspecified atom stereocenters. The number of aromatic carboxylic acids is 1. The van der Waals surface area contributed by atoms with Gasteiger partial charge in [-0.1, -0.05) is 11.6 Å². The van der Waals surface area contributed by atoms with Crippen molar-refractivity contribution in [3.63, 3.8) is 0 Å². The van der Waals surface area contributed by atoms with Crippen LogP contribution in [0.1, 0.15) is 29.6 Å². The monoisotopic (exact) mass is 295 g/mol. The van der Waals surface area contributed by atoms with E-state index in [4.69, 9.17) is 16.7 Å². The van der Waals surface area contributed by atoms with Crippen molar-refractivity contribution in [3.8, 4) is 0 Å². The molecule has 0 saturated carbocycles. The van der Waals surface area contributed by atoms with E-state index in [1.807, 2.05) is 0 Å². The third-order valence-electron chi connectivity index (χ3n) is 4.37. The fraction of sp³-hybridized carbons (Fsp3) is 0.571. The van der Waals surface area contributed by atoms with Crippen molar-refractivity contribution in [2.45, 2.75) is 19.3 Å². The van der Waals surface area contributed by atoms with Crippen LogP contribution in [0.25, 0.3) is 0 Å². The Morgan fingerprint density at radius 3 is 3.00 bits per heavy atom. The molecule has 2 fully saturated rings. The van der Waals surface area contributed by atoms with Crippen molar-refractivity contribution < 1.29 is 9.90 Å². The molecule has 1 spiro atoms. The summed E-state index contributed by atoms with van der Waals surface area (Å²) in [7, 11) is 0. The molecule has 2 aliphatic heterocycles. The number of piperidine rings is 1. The highest BCUT2D eigenvalue weighted by Crippen LogP contribution is 2.39. The van der Waals surface area contributed by atoms with Gasteiger partial charge < -0.3 is 15.3 Å². The summed E-state index contributed by atoms with van der Waals surface area (Å²) < 4.78 is 0. The third kappa shape index (κ3) is 2.47. The van der Waals surface area contributed by atoms with Gasteiger partial charge in [-0.25, -0.2) is 9.78 Å². The Bertz CT molecular complexity index is 529. The quantitative estimate of drug-likeness (QED) is 0.874. The van der Waals surface area contributed by atoms with Gasteiger partial charge in [-0.3, -0.25) is 0 Å². The van der Waals surface area contributed by atoms with E-state index < -0.39 is 5.97 Å². The number of carbonyl (C=O) groups is 1. The zero-order chi connectivity index (χ0) is 14.2. The molecule has 1 atom stereocenters. The van der Waals surface area contributed by atoms with Gasteiger partial charge >= 0.3 is 5.97 Å². The summed E-state index contributed by atoms with van der Waals surface area (Å²) in [4.78, 5) is 17.3. The molecule has 0 radical (unpaired) electrons. The van der Waals surface area contributed by atoms with Crippen molar-refractivity contribution in [2.24, 2.45) is 5.41 Å². The molecule has 2 aliphatic rings. The number of anilines is 1. The minimum absolute atomic E-state index is 0.131. The van der Waals surface area contributed by atoms with E-state index in [1.54, 1.807) is 0 Å². The van der Waals surface area contributed by atoms with E-state index in [2.05, 4.69) is 15.2 Å². The first-order valence-electron chi connectivity index (χ1n) is 6.94. The number of carboxylic acid groups (broad SMARTS) is 1. The van der Waals surface area contributed by atoms with Crippen molar-refractivity contribution in [1.29, 1.82) is 0 Å². The smallest absolute Gasteiger partial charge is 0.337 e. The van der Waals surface area contributed by atoms with Gasteiger partial charge in [-0.15, -0.1) is 0 Å². The molecule has 0 amide bonds. The third-order valence-corrected chi connectivity index (χ3v) is 4.65. The predicted octanol–water partition coefficient (Wildman–Crippen LogP) is 2.01. The number of pyridine rings is 1. The van der Waals surface area contributed by atoms with Crippen molar-refractivity contribution in [1.82, 2.24) is 10.3 Å². The van der Waals surface area contributed by atoms with Crippen LogP contribution in [0.4, 0.5) is 5.82 Å².